The standard InChI is InChI=1S/C19H25N5O/c1-13-20-18(23-22-13)15-9-11-24(12-10-15)19(25)21-17-8-4-6-14-5-2-3-7-16(14)17/h4,6,8,15H,2-3,5,7,9-12H2,1H3,(H,21,25)(H,20,22,23). The molecule has 6 heteroatoms. The van der Waals surface area contributed by atoms with Gasteiger partial charge >= 0.3 is 6.03 Å². The van der Waals surface area contributed by atoms with Crippen molar-refractivity contribution in [2.75, 3.05) is 18.4 Å². The zero-order chi connectivity index (χ0) is 17.2. The van der Waals surface area contributed by atoms with Crippen LogP contribution >= 0.6 is 0 Å². The zero-order valence-electron chi connectivity index (χ0n) is 14.7. The summed E-state index contributed by atoms with van der Waals surface area (Å²) in [5.41, 5.74) is 3.71. The summed E-state index contributed by atoms with van der Waals surface area (Å²) in [6, 6.07) is 6.29. The number of anilines is 1. The Labute approximate surface area is 148 Å². The van der Waals surface area contributed by atoms with Crippen molar-refractivity contribution in [2.24, 2.45) is 0 Å². The molecule has 2 heterocycles. The molecule has 0 radical (unpaired) electrons. The molecule has 0 bridgehead atoms. The molecule has 2 amide bonds. The van der Waals surface area contributed by atoms with Gasteiger partial charge in [-0.1, -0.05) is 12.1 Å². The van der Waals surface area contributed by atoms with Gasteiger partial charge in [0, 0.05) is 24.7 Å². The summed E-state index contributed by atoms with van der Waals surface area (Å²) in [5.74, 6) is 2.08. The molecule has 2 aliphatic rings. The summed E-state index contributed by atoms with van der Waals surface area (Å²) >= 11 is 0. The Morgan fingerprint density at radius 1 is 1.24 bits per heavy atom. The normalized spacial score (nSPS) is 18.0. The monoisotopic (exact) mass is 339 g/mol. The lowest BCUT2D eigenvalue weighted by Gasteiger charge is -2.31. The minimum absolute atomic E-state index is 0.0172. The van der Waals surface area contributed by atoms with Crippen molar-refractivity contribution in [3.63, 3.8) is 0 Å². The van der Waals surface area contributed by atoms with Gasteiger partial charge in [-0.15, -0.1) is 0 Å². The molecule has 0 unspecified atom stereocenters. The first-order valence-corrected chi connectivity index (χ1v) is 9.26. The zero-order valence-corrected chi connectivity index (χ0v) is 14.7. The van der Waals surface area contributed by atoms with Crippen molar-refractivity contribution in [1.29, 1.82) is 0 Å². The number of aromatic amines is 1. The highest BCUT2D eigenvalue weighted by Gasteiger charge is 2.26. The number of H-pyrrole nitrogens is 1. The Hall–Kier alpha value is -2.37. The summed E-state index contributed by atoms with van der Waals surface area (Å²) in [7, 11) is 0. The van der Waals surface area contributed by atoms with Crippen molar-refractivity contribution >= 4 is 11.7 Å². The fourth-order valence-electron chi connectivity index (χ4n) is 3.98. The highest BCUT2D eigenvalue weighted by Crippen LogP contribution is 2.29. The van der Waals surface area contributed by atoms with Crippen LogP contribution in [0.1, 0.15) is 54.4 Å². The number of aryl methyl sites for hydroxylation is 2. The van der Waals surface area contributed by atoms with Crippen molar-refractivity contribution < 1.29 is 4.79 Å². The van der Waals surface area contributed by atoms with Gasteiger partial charge in [-0.2, -0.15) is 5.10 Å². The Morgan fingerprint density at radius 3 is 2.80 bits per heavy atom. The number of benzene rings is 1. The van der Waals surface area contributed by atoms with E-state index < -0.39 is 0 Å². The van der Waals surface area contributed by atoms with Crippen molar-refractivity contribution in [2.45, 2.75) is 51.4 Å². The number of likely N-dealkylation sites (tertiary alicyclic amines) is 1. The number of hydrogen-bond acceptors (Lipinski definition) is 3. The van der Waals surface area contributed by atoms with Gasteiger partial charge < -0.3 is 10.2 Å². The number of piperidine rings is 1. The first-order chi connectivity index (χ1) is 12.2. The molecule has 1 fully saturated rings. The third-order valence-corrected chi connectivity index (χ3v) is 5.40. The van der Waals surface area contributed by atoms with E-state index in [2.05, 4.69) is 32.6 Å². The van der Waals surface area contributed by atoms with Gasteiger partial charge in [-0.25, -0.2) is 9.78 Å². The lowest BCUT2D eigenvalue weighted by Crippen LogP contribution is -2.41. The van der Waals surface area contributed by atoms with Gasteiger partial charge in [0.2, 0.25) is 0 Å². The molecule has 25 heavy (non-hydrogen) atoms. The SMILES string of the molecule is Cc1nc(C2CCN(C(=O)Nc3cccc4c3CCCC4)CC2)n[nH]1. The van der Waals surface area contributed by atoms with Crippen LogP contribution in [0.15, 0.2) is 18.2 Å². The van der Waals surface area contributed by atoms with Crippen LogP contribution < -0.4 is 5.32 Å². The molecule has 1 aromatic heterocycles. The number of rotatable bonds is 2. The molecule has 1 aliphatic carbocycles. The molecule has 6 nitrogen and oxygen atoms in total. The Bertz CT molecular complexity index is 761. The van der Waals surface area contributed by atoms with Crippen LogP contribution in [0.3, 0.4) is 0 Å². The molecule has 0 atom stereocenters. The number of carbonyl (C=O) groups excluding carboxylic acids is 1. The summed E-state index contributed by atoms with van der Waals surface area (Å²) in [5, 5.41) is 10.3. The maximum Gasteiger partial charge on any atom is 0.321 e. The Morgan fingerprint density at radius 2 is 2.04 bits per heavy atom. The Kier molecular flexibility index (Phi) is 4.42. The average molecular weight is 339 g/mol. The first kappa shape index (κ1) is 16.1. The fraction of sp³-hybridized carbons (Fsp3) is 0.526. The van der Waals surface area contributed by atoms with E-state index in [1.807, 2.05) is 17.9 Å². The number of aromatic nitrogens is 3. The molecule has 132 valence electrons. The van der Waals surface area contributed by atoms with Gasteiger partial charge in [-0.3, -0.25) is 5.10 Å². The molecule has 0 spiro atoms. The minimum Gasteiger partial charge on any atom is -0.324 e. The van der Waals surface area contributed by atoms with E-state index >= 15 is 0 Å². The lowest BCUT2D eigenvalue weighted by atomic mass is 9.90. The molecular weight excluding hydrogens is 314 g/mol. The van der Waals surface area contributed by atoms with Crippen LogP contribution in [0.25, 0.3) is 0 Å². The maximum absolute atomic E-state index is 12.7. The first-order valence-electron chi connectivity index (χ1n) is 9.26. The molecule has 4 rings (SSSR count). The van der Waals surface area contributed by atoms with Crippen LogP contribution in [-0.4, -0.2) is 39.2 Å². The van der Waals surface area contributed by atoms with E-state index in [9.17, 15) is 4.79 Å². The number of nitrogens with one attached hydrogen (secondary N) is 2. The highest BCUT2D eigenvalue weighted by atomic mass is 16.2. The number of fused-ring (bicyclic) bond motifs is 1. The summed E-state index contributed by atoms with van der Waals surface area (Å²) in [6.07, 6.45) is 6.48. The molecule has 2 aromatic rings. The lowest BCUT2D eigenvalue weighted by molar-refractivity contribution is 0.193. The van der Waals surface area contributed by atoms with E-state index in [0.717, 1.165) is 56.1 Å². The summed E-state index contributed by atoms with van der Waals surface area (Å²) < 4.78 is 0. The highest BCUT2D eigenvalue weighted by molar-refractivity contribution is 5.90. The molecular formula is C19H25N5O. The van der Waals surface area contributed by atoms with Gasteiger partial charge in [0.05, 0.1) is 0 Å². The topological polar surface area (TPSA) is 73.9 Å². The van der Waals surface area contributed by atoms with Crippen LogP contribution in [0.2, 0.25) is 0 Å². The van der Waals surface area contributed by atoms with E-state index in [0.29, 0.717) is 5.92 Å². The van der Waals surface area contributed by atoms with Crippen LogP contribution in [-0.2, 0) is 12.8 Å². The Balaban J connectivity index is 1.38. The smallest absolute Gasteiger partial charge is 0.321 e. The van der Waals surface area contributed by atoms with Gasteiger partial charge in [0.1, 0.15) is 5.82 Å². The average Bonchev–Trinajstić information content (AvgIpc) is 3.08. The summed E-state index contributed by atoms with van der Waals surface area (Å²) in [6.45, 7) is 3.41. The third kappa shape index (κ3) is 3.38. The van der Waals surface area contributed by atoms with Crippen molar-refractivity contribution in [3.05, 3.63) is 41.0 Å². The second-order valence-electron chi connectivity index (χ2n) is 7.12. The fourth-order valence-corrected chi connectivity index (χ4v) is 3.98. The largest absolute Gasteiger partial charge is 0.324 e. The summed E-state index contributed by atoms with van der Waals surface area (Å²) in [4.78, 5) is 19.0. The molecule has 1 aliphatic heterocycles. The number of nitrogens with zero attached hydrogens (tertiary/aromatic N) is 3. The van der Waals surface area contributed by atoms with E-state index in [-0.39, 0.29) is 6.03 Å². The minimum atomic E-state index is 0.0172. The molecule has 1 saturated heterocycles. The quantitative estimate of drug-likeness (QED) is 0.880. The predicted octanol–water partition coefficient (Wildman–Crippen LogP) is 3.40. The predicted molar refractivity (Wildman–Crippen MR) is 96.8 cm³/mol. The van der Waals surface area contributed by atoms with Crippen LogP contribution in [0.5, 0.6) is 0 Å². The number of carbonyl (C=O) groups is 1. The molecule has 2 N–H and O–H groups in total. The molecule has 0 saturated carbocycles. The van der Waals surface area contributed by atoms with Crippen molar-refractivity contribution in [3.8, 4) is 0 Å². The van der Waals surface area contributed by atoms with E-state index in [1.54, 1.807) is 0 Å². The van der Waals surface area contributed by atoms with Gasteiger partial charge in [0.15, 0.2) is 5.82 Å². The van der Waals surface area contributed by atoms with E-state index in [4.69, 9.17) is 0 Å². The number of hydrogen-bond donors (Lipinski definition) is 2. The van der Waals surface area contributed by atoms with Crippen LogP contribution in [0, 0.1) is 6.92 Å². The van der Waals surface area contributed by atoms with Crippen LogP contribution in [0.4, 0.5) is 10.5 Å². The number of amides is 2. The van der Waals surface area contributed by atoms with Gasteiger partial charge in [-0.05, 0) is 62.6 Å². The van der Waals surface area contributed by atoms with Gasteiger partial charge in [0.25, 0.3) is 0 Å². The molecule has 1 aromatic carbocycles. The number of urea groups is 1. The second-order valence-corrected chi connectivity index (χ2v) is 7.12. The maximum atomic E-state index is 12.7. The third-order valence-electron chi connectivity index (χ3n) is 5.40. The van der Waals surface area contributed by atoms with E-state index in [1.165, 1.54) is 24.0 Å². The second kappa shape index (κ2) is 6.86. The van der Waals surface area contributed by atoms with Crippen molar-refractivity contribution in [1.82, 2.24) is 20.1 Å².